The van der Waals surface area contributed by atoms with Gasteiger partial charge in [-0.25, -0.2) is 9.98 Å². The molecule has 150 valence electrons. The molecule has 2 rings (SSSR count). The first-order valence-electron chi connectivity index (χ1n) is 8.03. The third-order valence-electron chi connectivity index (χ3n) is 3.42. The molecule has 0 atom stereocenters. The van der Waals surface area contributed by atoms with E-state index in [4.69, 9.17) is 4.74 Å². The molecule has 5 nitrogen and oxygen atoms in total. The zero-order valence-electron chi connectivity index (χ0n) is 15.0. The molecule has 0 unspecified atom stereocenters. The summed E-state index contributed by atoms with van der Waals surface area (Å²) in [6, 6.07) is 7.81. The molecule has 0 fully saturated rings. The standard InChI is InChI=1S/C17H21F3N4OS.HI/c1-3-21-16(22-8-12-6-4-5-7-13(12)10-25-2)23-9-15-24-14(11-26-15)17(18,19)20;/h4-7,11H,3,8-10H2,1-2H3,(H2,21,22,23);1H. The van der Waals surface area contributed by atoms with Gasteiger partial charge in [-0.05, 0) is 18.1 Å². The molecular formula is C17H22F3IN4OS. The van der Waals surface area contributed by atoms with Crippen molar-refractivity contribution < 1.29 is 17.9 Å². The van der Waals surface area contributed by atoms with Crippen molar-refractivity contribution in [1.29, 1.82) is 0 Å². The molecule has 0 amide bonds. The van der Waals surface area contributed by atoms with Crippen LogP contribution in [0.4, 0.5) is 13.2 Å². The first-order chi connectivity index (χ1) is 12.4. The van der Waals surface area contributed by atoms with Gasteiger partial charge in [0.1, 0.15) is 5.01 Å². The Bertz CT molecular complexity index is 737. The normalized spacial score (nSPS) is 11.8. The number of methoxy groups -OCH3 is 1. The second-order valence-electron chi connectivity index (χ2n) is 5.37. The number of hydrogen-bond acceptors (Lipinski definition) is 4. The summed E-state index contributed by atoms with van der Waals surface area (Å²) in [5.41, 5.74) is 1.21. The number of nitrogens with one attached hydrogen (secondary N) is 2. The molecule has 0 aliphatic rings. The van der Waals surface area contributed by atoms with Crippen molar-refractivity contribution in [2.45, 2.75) is 32.8 Å². The molecule has 0 radical (unpaired) electrons. The monoisotopic (exact) mass is 514 g/mol. The number of aliphatic imine (C=N–C) groups is 1. The van der Waals surface area contributed by atoms with Crippen molar-refractivity contribution in [1.82, 2.24) is 15.6 Å². The minimum Gasteiger partial charge on any atom is -0.380 e. The molecule has 27 heavy (non-hydrogen) atoms. The van der Waals surface area contributed by atoms with Gasteiger partial charge < -0.3 is 15.4 Å². The fourth-order valence-corrected chi connectivity index (χ4v) is 2.94. The SMILES string of the molecule is CCNC(=NCc1ccccc1COC)NCc1nc(C(F)(F)F)cs1.I. The fourth-order valence-electron chi connectivity index (χ4n) is 2.20. The maximum absolute atomic E-state index is 12.6. The number of benzene rings is 1. The molecule has 1 aromatic carbocycles. The zero-order valence-corrected chi connectivity index (χ0v) is 18.1. The molecule has 0 saturated carbocycles. The molecule has 0 saturated heterocycles. The van der Waals surface area contributed by atoms with Gasteiger partial charge in [0.15, 0.2) is 11.7 Å². The smallest absolute Gasteiger partial charge is 0.380 e. The highest BCUT2D eigenvalue weighted by molar-refractivity contribution is 14.0. The molecule has 0 aliphatic heterocycles. The van der Waals surface area contributed by atoms with Crippen LogP contribution in [0.1, 0.15) is 28.8 Å². The van der Waals surface area contributed by atoms with Gasteiger partial charge in [-0.15, -0.1) is 35.3 Å². The number of thiazole rings is 1. The van der Waals surface area contributed by atoms with Gasteiger partial charge in [0, 0.05) is 19.0 Å². The number of alkyl halides is 3. The summed E-state index contributed by atoms with van der Waals surface area (Å²) in [6.45, 7) is 3.65. The summed E-state index contributed by atoms with van der Waals surface area (Å²) >= 11 is 0.967. The van der Waals surface area contributed by atoms with Crippen LogP contribution in [0.25, 0.3) is 0 Å². The third-order valence-corrected chi connectivity index (χ3v) is 4.27. The van der Waals surface area contributed by atoms with E-state index in [9.17, 15) is 13.2 Å². The maximum atomic E-state index is 12.6. The summed E-state index contributed by atoms with van der Waals surface area (Å²) in [5.74, 6) is 0.517. The molecule has 10 heteroatoms. The molecule has 2 N–H and O–H groups in total. The van der Waals surface area contributed by atoms with Crippen LogP contribution in [0.3, 0.4) is 0 Å². The van der Waals surface area contributed by atoms with E-state index < -0.39 is 11.9 Å². The number of hydrogen-bond donors (Lipinski definition) is 2. The Hall–Kier alpha value is -1.40. The van der Waals surface area contributed by atoms with E-state index in [0.717, 1.165) is 27.8 Å². The van der Waals surface area contributed by atoms with E-state index in [1.807, 2.05) is 31.2 Å². The van der Waals surface area contributed by atoms with Gasteiger partial charge in [-0.2, -0.15) is 13.2 Å². The summed E-state index contributed by atoms with van der Waals surface area (Å²) in [7, 11) is 1.63. The van der Waals surface area contributed by atoms with Crippen molar-refractivity contribution in [3.05, 3.63) is 51.5 Å². The maximum Gasteiger partial charge on any atom is 0.434 e. The van der Waals surface area contributed by atoms with Crippen molar-refractivity contribution in [3.8, 4) is 0 Å². The summed E-state index contributed by atoms with van der Waals surface area (Å²) in [5, 5.41) is 7.45. The molecule has 0 spiro atoms. The number of rotatable bonds is 7. The van der Waals surface area contributed by atoms with Gasteiger partial charge in [-0.3, -0.25) is 0 Å². The van der Waals surface area contributed by atoms with E-state index in [-0.39, 0.29) is 30.5 Å². The Labute approximate surface area is 177 Å². The van der Waals surface area contributed by atoms with Crippen molar-refractivity contribution in [2.75, 3.05) is 13.7 Å². The molecule has 2 aromatic rings. The van der Waals surface area contributed by atoms with Crippen molar-refractivity contribution >= 4 is 41.3 Å². The lowest BCUT2D eigenvalue weighted by molar-refractivity contribution is -0.140. The van der Waals surface area contributed by atoms with Crippen LogP contribution in [0.5, 0.6) is 0 Å². The summed E-state index contributed by atoms with van der Waals surface area (Å²) < 4.78 is 43.0. The van der Waals surface area contributed by atoms with Gasteiger partial charge >= 0.3 is 6.18 Å². The quantitative estimate of drug-likeness (QED) is 0.331. The van der Waals surface area contributed by atoms with Crippen LogP contribution in [-0.2, 0) is 30.6 Å². The number of ether oxygens (including phenoxy) is 1. The molecule has 0 bridgehead atoms. The highest BCUT2D eigenvalue weighted by Crippen LogP contribution is 2.29. The number of nitrogens with zero attached hydrogens (tertiary/aromatic N) is 2. The number of halogens is 4. The van der Waals surface area contributed by atoms with E-state index in [1.165, 1.54) is 0 Å². The van der Waals surface area contributed by atoms with E-state index >= 15 is 0 Å². The predicted octanol–water partition coefficient (Wildman–Crippen LogP) is 4.18. The van der Waals surface area contributed by atoms with Gasteiger partial charge in [0.25, 0.3) is 0 Å². The summed E-state index contributed by atoms with van der Waals surface area (Å²) in [4.78, 5) is 8.09. The minimum atomic E-state index is -4.42. The third kappa shape index (κ3) is 7.62. The minimum absolute atomic E-state index is 0. The van der Waals surface area contributed by atoms with E-state index in [2.05, 4.69) is 20.6 Å². The van der Waals surface area contributed by atoms with Gasteiger partial charge in [0.2, 0.25) is 0 Å². The zero-order chi connectivity index (χ0) is 19.0. The van der Waals surface area contributed by atoms with Gasteiger partial charge in [-0.1, -0.05) is 24.3 Å². The average Bonchev–Trinajstić information content (AvgIpc) is 3.08. The van der Waals surface area contributed by atoms with Crippen LogP contribution in [0.2, 0.25) is 0 Å². The Morgan fingerprint density at radius 1 is 1.22 bits per heavy atom. The van der Waals surface area contributed by atoms with Crippen LogP contribution in [0, 0.1) is 0 Å². The lowest BCUT2D eigenvalue weighted by Crippen LogP contribution is -2.36. The van der Waals surface area contributed by atoms with Crippen LogP contribution < -0.4 is 10.6 Å². The first-order valence-corrected chi connectivity index (χ1v) is 8.91. The highest BCUT2D eigenvalue weighted by Gasteiger charge is 2.33. The second kappa shape index (κ2) is 11.4. The molecule has 0 aliphatic carbocycles. The van der Waals surface area contributed by atoms with E-state index in [0.29, 0.717) is 30.7 Å². The van der Waals surface area contributed by atoms with Crippen LogP contribution >= 0.6 is 35.3 Å². The molecule has 1 aromatic heterocycles. The van der Waals surface area contributed by atoms with Gasteiger partial charge in [0.05, 0.1) is 19.7 Å². The molecule has 1 heterocycles. The van der Waals surface area contributed by atoms with Crippen LogP contribution in [-0.4, -0.2) is 24.6 Å². The van der Waals surface area contributed by atoms with Crippen LogP contribution in [0.15, 0.2) is 34.6 Å². The van der Waals surface area contributed by atoms with Crippen molar-refractivity contribution in [3.63, 3.8) is 0 Å². The predicted molar refractivity (Wildman–Crippen MR) is 111 cm³/mol. The Morgan fingerprint density at radius 2 is 1.93 bits per heavy atom. The Kier molecular flexibility index (Phi) is 10.0. The Balaban J connectivity index is 0.00000364. The fraction of sp³-hybridized carbons (Fsp3) is 0.412. The molecular weight excluding hydrogens is 492 g/mol. The first kappa shape index (κ1) is 23.6. The topological polar surface area (TPSA) is 58.5 Å². The average molecular weight is 514 g/mol. The Morgan fingerprint density at radius 3 is 2.52 bits per heavy atom. The van der Waals surface area contributed by atoms with Crippen molar-refractivity contribution in [2.24, 2.45) is 4.99 Å². The second-order valence-corrected chi connectivity index (χ2v) is 6.32. The summed E-state index contributed by atoms with van der Waals surface area (Å²) in [6.07, 6.45) is -4.42. The highest BCUT2D eigenvalue weighted by atomic mass is 127. The number of guanidine groups is 1. The lowest BCUT2D eigenvalue weighted by Gasteiger charge is -2.11. The number of aromatic nitrogens is 1. The lowest BCUT2D eigenvalue weighted by atomic mass is 10.1. The van der Waals surface area contributed by atoms with E-state index in [1.54, 1.807) is 7.11 Å². The largest absolute Gasteiger partial charge is 0.434 e.